The summed E-state index contributed by atoms with van der Waals surface area (Å²) >= 11 is 0. The molecule has 122 valence electrons. The number of halogens is 10. The van der Waals surface area contributed by atoms with Crippen LogP contribution in [-0.4, -0.2) is 6.18 Å². The maximum Gasteiger partial charge on any atom is 0.416 e. The van der Waals surface area contributed by atoms with Crippen LogP contribution in [-0.2, 0) is 12.4 Å². The Morgan fingerprint density at radius 1 is 0.810 bits per heavy atom. The summed E-state index contributed by atoms with van der Waals surface area (Å²) in [4.78, 5) is 0. The van der Waals surface area contributed by atoms with Crippen LogP contribution in [0.4, 0.5) is 39.5 Å². The molecule has 0 amide bonds. The molecular weight excluding hydrogens is 341 g/mol. The van der Waals surface area contributed by atoms with E-state index in [0.717, 1.165) is 0 Å². The minimum absolute atomic E-state index is 0. The molecule has 0 fully saturated rings. The van der Waals surface area contributed by atoms with Crippen LogP contribution in [0.2, 0.25) is 0 Å². The van der Waals surface area contributed by atoms with Gasteiger partial charge in [0, 0.05) is 0 Å². The minimum Gasteiger partial charge on any atom is -0.316 e. The van der Waals surface area contributed by atoms with E-state index in [9.17, 15) is 39.5 Å². The molecular formula is C10H7ClF9N. The Balaban J connectivity index is 0.00000400. The topological polar surface area (TPSA) is 26.0 Å². The van der Waals surface area contributed by atoms with Crippen molar-refractivity contribution >= 4 is 12.4 Å². The Bertz CT molecular complexity index is 489. The predicted molar refractivity (Wildman–Crippen MR) is 56.7 cm³/mol. The van der Waals surface area contributed by atoms with E-state index in [2.05, 4.69) is 5.73 Å². The summed E-state index contributed by atoms with van der Waals surface area (Å²) in [6.07, 6.45) is -15.7. The van der Waals surface area contributed by atoms with Gasteiger partial charge >= 0.3 is 18.5 Å². The minimum atomic E-state index is -5.39. The van der Waals surface area contributed by atoms with Gasteiger partial charge in [-0.05, 0) is 17.7 Å². The summed E-state index contributed by atoms with van der Waals surface area (Å²) in [7, 11) is 0. The van der Waals surface area contributed by atoms with Gasteiger partial charge in [0.15, 0.2) is 0 Å². The molecule has 1 aromatic rings. The fourth-order valence-electron chi connectivity index (χ4n) is 1.43. The van der Waals surface area contributed by atoms with Crippen LogP contribution in [0.5, 0.6) is 0 Å². The highest BCUT2D eigenvalue weighted by atomic mass is 35.5. The molecule has 0 saturated heterocycles. The van der Waals surface area contributed by atoms with E-state index in [0.29, 0.717) is 0 Å². The first-order valence-electron chi connectivity index (χ1n) is 4.85. The Morgan fingerprint density at radius 3 is 1.62 bits per heavy atom. The Hall–Kier alpha value is -1.16. The molecule has 0 heterocycles. The summed E-state index contributed by atoms with van der Waals surface area (Å²) < 4.78 is 112. The Labute approximate surface area is 118 Å². The molecule has 0 aromatic heterocycles. The van der Waals surface area contributed by atoms with Gasteiger partial charge in [-0.2, -0.15) is 39.5 Å². The molecule has 2 N–H and O–H groups in total. The van der Waals surface area contributed by atoms with Crippen molar-refractivity contribution < 1.29 is 39.5 Å². The molecule has 0 aliphatic carbocycles. The monoisotopic (exact) mass is 347 g/mol. The molecule has 0 saturated carbocycles. The summed E-state index contributed by atoms with van der Waals surface area (Å²) in [5.74, 6) is 0. The molecule has 0 bridgehead atoms. The summed E-state index contributed by atoms with van der Waals surface area (Å²) in [5.41, 5.74) is -0.602. The number of rotatable bonds is 1. The van der Waals surface area contributed by atoms with Crippen LogP contribution in [0.3, 0.4) is 0 Å². The lowest BCUT2D eigenvalue weighted by Gasteiger charge is -2.21. The van der Waals surface area contributed by atoms with Crippen molar-refractivity contribution in [1.82, 2.24) is 0 Å². The van der Waals surface area contributed by atoms with Gasteiger partial charge in [-0.15, -0.1) is 12.4 Å². The van der Waals surface area contributed by atoms with Gasteiger partial charge < -0.3 is 5.73 Å². The highest BCUT2D eigenvalue weighted by Crippen LogP contribution is 2.41. The maximum absolute atomic E-state index is 12.6. The zero-order chi connectivity index (χ0) is 15.9. The first-order chi connectivity index (χ1) is 8.74. The van der Waals surface area contributed by atoms with E-state index < -0.39 is 41.3 Å². The van der Waals surface area contributed by atoms with Gasteiger partial charge in [-0.1, -0.05) is 6.07 Å². The average molecular weight is 348 g/mol. The first-order valence-corrected chi connectivity index (χ1v) is 4.85. The van der Waals surface area contributed by atoms with E-state index in [4.69, 9.17) is 0 Å². The van der Waals surface area contributed by atoms with Crippen LogP contribution in [0.1, 0.15) is 22.7 Å². The molecule has 1 aromatic carbocycles. The first kappa shape index (κ1) is 19.8. The van der Waals surface area contributed by atoms with Gasteiger partial charge in [0.25, 0.3) is 0 Å². The van der Waals surface area contributed by atoms with Crippen molar-refractivity contribution in [3.8, 4) is 0 Å². The lowest BCUT2D eigenvalue weighted by atomic mass is 9.97. The fraction of sp³-hybridized carbons (Fsp3) is 0.400. The second kappa shape index (κ2) is 5.91. The SMILES string of the molecule is Cl.NC(c1ccc(C(F)(F)F)cc1C(F)(F)F)C(F)(F)F. The number of hydrogen-bond acceptors (Lipinski definition) is 1. The van der Waals surface area contributed by atoms with Crippen molar-refractivity contribution in [2.45, 2.75) is 24.6 Å². The fourth-order valence-corrected chi connectivity index (χ4v) is 1.43. The van der Waals surface area contributed by atoms with Gasteiger partial charge in [0.05, 0.1) is 11.1 Å². The third-order valence-electron chi connectivity index (χ3n) is 2.37. The van der Waals surface area contributed by atoms with Crippen molar-refractivity contribution in [3.63, 3.8) is 0 Å². The van der Waals surface area contributed by atoms with Crippen LogP contribution < -0.4 is 5.73 Å². The molecule has 1 rings (SSSR count). The Morgan fingerprint density at radius 2 is 1.29 bits per heavy atom. The van der Waals surface area contributed by atoms with Gasteiger partial charge in [-0.25, -0.2) is 0 Å². The van der Waals surface area contributed by atoms with Crippen molar-refractivity contribution in [1.29, 1.82) is 0 Å². The molecule has 0 aliphatic rings. The van der Waals surface area contributed by atoms with E-state index in [-0.39, 0.29) is 30.6 Å². The van der Waals surface area contributed by atoms with Crippen molar-refractivity contribution in [3.05, 3.63) is 34.9 Å². The smallest absolute Gasteiger partial charge is 0.316 e. The predicted octanol–water partition coefficient (Wildman–Crippen LogP) is 4.71. The molecule has 0 spiro atoms. The maximum atomic E-state index is 12.6. The number of benzene rings is 1. The van der Waals surface area contributed by atoms with E-state index >= 15 is 0 Å². The van der Waals surface area contributed by atoms with Gasteiger partial charge in [0.2, 0.25) is 0 Å². The van der Waals surface area contributed by atoms with Crippen molar-refractivity contribution in [2.24, 2.45) is 5.73 Å². The van der Waals surface area contributed by atoms with E-state index in [1.807, 2.05) is 0 Å². The molecule has 0 radical (unpaired) electrons. The third kappa shape index (κ3) is 4.67. The zero-order valence-corrected chi connectivity index (χ0v) is 10.5. The highest BCUT2D eigenvalue weighted by molar-refractivity contribution is 5.85. The van der Waals surface area contributed by atoms with E-state index in [1.54, 1.807) is 0 Å². The second-order valence-electron chi connectivity index (χ2n) is 3.82. The largest absolute Gasteiger partial charge is 0.416 e. The molecule has 21 heavy (non-hydrogen) atoms. The van der Waals surface area contributed by atoms with Crippen LogP contribution in [0, 0.1) is 0 Å². The Kier molecular flexibility index (Phi) is 5.59. The molecule has 1 nitrogen and oxygen atoms in total. The van der Waals surface area contributed by atoms with Crippen LogP contribution in [0.15, 0.2) is 18.2 Å². The lowest BCUT2D eigenvalue weighted by Crippen LogP contribution is -2.31. The zero-order valence-electron chi connectivity index (χ0n) is 9.70. The average Bonchev–Trinajstić information content (AvgIpc) is 2.23. The summed E-state index contributed by atoms with van der Waals surface area (Å²) in [6.45, 7) is 0. The molecule has 11 heteroatoms. The number of alkyl halides is 9. The van der Waals surface area contributed by atoms with Gasteiger partial charge in [-0.3, -0.25) is 0 Å². The van der Waals surface area contributed by atoms with Crippen LogP contribution >= 0.6 is 12.4 Å². The lowest BCUT2D eigenvalue weighted by molar-refractivity contribution is -0.156. The second-order valence-corrected chi connectivity index (χ2v) is 3.82. The highest BCUT2D eigenvalue weighted by Gasteiger charge is 2.45. The molecule has 1 unspecified atom stereocenters. The van der Waals surface area contributed by atoms with E-state index in [1.165, 1.54) is 0 Å². The number of nitrogens with two attached hydrogens (primary N) is 1. The molecule has 0 aliphatic heterocycles. The van der Waals surface area contributed by atoms with Gasteiger partial charge in [0.1, 0.15) is 6.04 Å². The third-order valence-corrected chi connectivity index (χ3v) is 2.37. The number of hydrogen-bond donors (Lipinski definition) is 1. The standard InChI is InChI=1S/C10H6F9N.ClH/c11-8(12,13)4-1-2-5(7(20)10(17,18)19)6(3-4)9(14,15)16;/h1-3,7H,20H2;1H. The normalized spacial score (nSPS) is 14.6. The van der Waals surface area contributed by atoms with Crippen molar-refractivity contribution in [2.75, 3.05) is 0 Å². The summed E-state index contributed by atoms with van der Waals surface area (Å²) in [5, 5.41) is 0. The van der Waals surface area contributed by atoms with Crippen LogP contribution in [0.25, 0.3) is 0 Å². The summed E-state index contributed by atoms with van der Waals surface area (Å²) in [6, 6.07) is -3.21. The molecule has 1 atom stereocenters. The quantitative estimate of drug-likeness (QED) is 0.732.